The molecule has 0 saturated carbocycles. The Morgan fingerprint density at radius 1 is 1.38 bits per heavy atom. The number of hydrogen-bond donors (Lipinski definition) is 1. The van der Waals surface area contributed by atoms with Gasteiger partial charge in [0.2, 0.25) is 0 Å². The Morgan fingerprint density at radius 3 is 2.38 bits per heavy atom. The molecule has 1 N–H and O–H groups in total. The number of quaternary nitrogens is 1. The number of carbonyl (C=O) groups is 1. The van der Waals surface area contributed by atoms with Crippen molar-refractivity contribution in [1.29, 1.82) is 5.26 Å². The summed E-state index contributed by atoms with van der Waals surface area (Å²) >= 11 is 2.57. The van der Waals surface area contributed by atoms with E-state index < -0.39 is 17.7 Å². The van der Waals surface area contributed by atoms with Gasteiger partial charge in [-0.1, -0.05) is 0 Å². The molecule has 0 bridgehead atoms. The molecule has 2 atom stereocenters. The first-order chi connectivity index (χ1) is 11.5. The topological polar surface area (TPSA) is 93.1 Å². The van der Waals surface area contributed by atoms with Crippen molar-refractivity contribution in [3.05, 3.63) is 35.1 Å². The average Bonchev–Trinajstić information content (AvgIpc) is 3.10. The molecule has 6 nitrogen and oxygen atoms in total. The van der Waals surface area contributed by atoms with Gasteiger partial charge in [0.15, 0.2) is 0 Å². The van der Waals surface area contributed by atoms with Crippen LogP contribution in [0, 0.1) is 17.2 Å². The molecule has 0 spiro atoms. The van der Waals surface area contributed by atoms with Crippen LogP contribution in [0.4, 0.5) is 0 Å². The van der Waals surface area contributed by atoms with Gasteiger partial charge in [-0.15, -0.1) is 0 Å². The van der Waals surface area contributed by atoms with Gasteiger partial charge >= 0.3 is 105 Å². The second-order valence-corrected chi connectivity index (χ2v) is 6.00. The Balaban J connectivity index is 0.000000351. The van der Waals surface area contributed by atoms with Gasteiger partial charge in [0.05, 0.1) is 19.6 Å². The maximum absolute atomic E-state index is 11.6. The molecule has 1 amide bonds. The first-order valence-electron chi connectivity index (χ1n) is 7.87. The van der Waals surface area contributed by atoms with Crippen molar-refractivity contribution >= 4 is 32.4 Å². The third-order valence-electron chi connectivity index (χ3n) is 3.96. The fourth-order valence-electron chi connectivity index (χ4n) is 2.44. The first-order valence-corrected chi connectivity index (χ1v) is 8.72. The van der Waals surface area contributed by atoms with Gasteiger partial charge in [0.1, 0.15) is 0 Å². The molecule has 7 heteroatoms. The van der Waals surface area contributed by atoms with Crippen LogP contribution < -0.4 is 4.90 Å². The van der Waals surface area contributed by atoms with Crippen LogP contribution >= 0.6 is 0 Å². The van der Waals surface area contributed by atoms with Gasteiger partial charge in [-0.2, -0.15) is 0 Å². The minimum atomic E-state index is -1.01. The summed E-state index contributed by atoms with van der Waals surface area (Å²) in [5.41, 5.74) is 0.256. The number of nitriles is 1. The van der Waals surface area contributed by atoms with Crippen LogP contribution in [0.25, 0.3) is 5.41 Å². The van der Waals surface area contributed by atoms with Gasteiger partial charge in [-0.3, -0.25) is 0 Å². The SMILES string of the molecule is CC[NH+](CC)CC.N#CC1C(=O)N=C([Se])C(=C=[N-])C1c1ccco1. The summed E-state index contributed by atoms with van der Waals surface area (Å²) in [7, 11) is 0. The molecule has 1 aliphatic rings. The van der Waals surface area contributed by atoms with E-state index in [1.54, 1.807) is 17.0 Å². The van der Waals surface area contributed by atoms with Crippen LogP contribution in [-0.2, 0) is 4.79 Å². The molecule has 2 heterocycles. The summed E-state index contributed by atoms with van der Waals surface area (Å²) in [6.45, 7) is 10.5. The van der Waals surface area contributed by atoms with Gasteiger partial charge in [0.25, 0.3) is 0 Å². The van der Waals surface area contributed by atoms with Crippen LogP contribution in [0.15, 0.2) is 33.4 Å². The summed E-state index contributed by atoms with van der Waals surface area (Å²) in [4.78, 5) is 16.9. The Hall–Kier alpha value is -1.96. The molecule has 2 rings (SSSR count). The van der Waals surface area contributed by atoms with Crippen molar-refractivity contribution in [3.63, 3.8) is 0 Å². The standard InChI is InChI=1S/C11H5N3O2Se.C6H15N/c12-4-6-9(8-2-1-3-16-8)7(5-13)11(17)14-10(6)15;1-4-7(5-2)6-3/h1-3,6,9H;4-6H2,1-3H3/q-1;/p+1. The van der Waals surface area contributed by atoms with E-state index in [4.69, 9.17) is 15.1 Å². The summed E-state index contributed by atoms with van der Waals surface area (Å²) < 4.78 is 5.42. The second kappa shape index (κ2) is 10.0. The number of amides is 1. The van der Waals surface area contributed by atoms with Crippen molar-refractivity contribution in [2.75, 3.05) is 19.6 Å². The average molecular weight is 392 g/mol. The van der Waals surface area contributed by atoms with Gasteiger partial charge < -0.3 is 4.90 Å². The Morgan fingerprint density at radius 2 is 2.00 bits per heavy atom. The van der Waals surface area contributed by atoms with Crippen molar-refractivity contribution in [2.45, 2.75) is 26.7 Å². The molecule has 1 aromatic heterocycles. The van der Waals surface area contributed by atoms with E-state index in [0.29, 0.717) is 5.76 Å². The van der Waals surface area contributed by atoms with Crippen molar-refractivity contribution in [3.8, 4) is 6.07 Å². The van der Waals surface area contributed by atoms with E-state index in [2.05, 4.69) is 41.8 Å². The maximum atomic E-state index is 11.6. The van der Waals surface area contributed by atoms with E-state index >= 15 is 0 Å². The fourth-order valence-corrected chi connectivity index (χ4v) is 2.99. The predicted octanol–water partition coefficient (Wildman–Crippen LogP) is 0.707. The summed E-state index contributed by atoms with van der Waals surface area (Å²) in [6, 6.07) is 5.16. The molecule has 2 unspecified atom stereocenters. The first kappa shape index (κ1) is 20.1. The zero-order chi connectivity index (χ0) is 18.1. The number of hydrogen-bond acceptors (Lipinski definition) is 3. The molecule has 127 valence electrons. The fraction of sp³-hybridized carbons (Fsp3) is 0.471. The van der Waals surface area contributed by atoms with Crippen LogP contribution in [-0.4, -0.2) is 52.0 Å². The van der Waals surface area contributed by atoms with Crippen LogP contribution in [0.5, 0.6) is 0 Å². The molecule has 0 aliphatic carbocycles. The zero-order valence-electron chi connectivity index (χ0n) is 14.1. The Kier molecular flexibility index (Phi) is 8.38. The van der Waals surface area contributed by atoms with Crippen molar-refractivity contribution in [2.24, 2.45) is 10.9 Å². The van der Waals surface area contributed by atoms with Crippen LogP contribution in [0.1, 0.15) is 32.4 Å². The van der Waals surface area contributed by atoms with E-state index in [1.165, 1.54) is 25.9 Å². The normalized spacial score (nSPS) is 19.9. The quantitative estimate of drug-likeness (QED) is 0.604. The number of nitrogens with one attached hydrogen (secondary N) is 1. The summed E-state index contributed by atoms with van der Waals surface area (Å²) in [5, 5.41) is 18.1. The number of furan rings is 1. The van der Waals surface area contributed by atoms with Gasteiger partial charge in [0, 0.05) is 0 Å². The van der Waals surface area contributed by atoms with E-state index in [1.807, 2.05) is 11.9 Å². The molecule has 24 heavy (non-hydrogen) atoms. The Labute approximate surface area is 150 Å². The van der Waals surface area contributed by atoms with Crippen molar-refractivity contribution in [1.82, 2.24) is 0 Å². The second-order valence-electron chi connectivity index (χ2n) is 5.19. The number of nitrogens with zero attached hydrogens (tertiary/aromatic N) is 3. The molecule has 0 fully saturated rings. The third kappa shape index (κ3) is 4.77. The molecule has 0 saturated heterocycles. The summed E-state index contributed by atoms with van der Waals surface area (Å²) in [5.74, 6) is 0.149. The molecule has 1 radical (unpaired) electrons. The van der Waals surface area contributed by atoms with Crippen LogP contribution in [0.2, 0.25) is 0 Å². The molecular weight excluding hydrogens is 371 g/mol. The van der Waals surface area contributed by atoms with Crippen molar-refractivity contribution < 1.29 is 14.1 Å². The molecular formula is C17H21N4O2Se. The van der Waals surface area contributed by atoms with E-state index in [9.17, 15) is 4.79 Å². The molecule has 1 aromatic rings. The zero-order valence-corrected chi connectivity index (χ0v) is 15.8. The minimum absolute atomic E-state index is 0.227. The molecule has 0 aromatic carbocycles. The number of aliphatic imine (C=N–C) groups is 1. The third-order valence-corrected chi connectivity index (χ3v) is 4.61. The predicted molar refractivity (Wildman–Crippen MR) is 93.2 cm³/mol. The van der Waals surface area contributed by atoms with E-state index in [0.717, 1.165) is 0 Å². The number of rotatable bonds is 4. The molecule has 1 aliphatic heterocycles. The monoisotopic (exact) mass is 393 g/mol. The van der Waals surface area contributed by atoms with Gasteiger partial charge in [-0.25, -0.2) is 0 Å². The van der Waals surface area contributed by atoms with Gasteiger partial charge in [-0.05, 0) is 20.8 Å². The van der Waals surface area contributed by atoms with E-state index in [-0.39, 0.29) is 10.2 Å². The summed E-state index contributed by atoms with van der Waals surface area (Å²) in [6.07, 6.45) is 1.44. The number of carbonyl (C=O) groups excluding carboxylic acids is 1. The Bertz CT molecular complexity index is 660. The number of allylic oxidation sites excluding steroid dienone is 1. The van der Waals surface area contributed by atoms with Crippen LogP contribution in [0.3, 0.4) is 0 Å².